The summed E-state index contributed by atoms with van der Waals surface area (Å²) in [5, 5.41) is 72.5. The van der Waals surface area contributed by atoms with Gasteiger partial charge in [0.2, 0.25) is 23.0 Å². The van der Waals surface area contributed by atoms with Crippen LogP contribution < -0.4 is 18.9 Å². The highest BCUT2D eigenvalue weighted by molar-refractivity contribution is 6.12. The lowest BCUT2D eigenvalue weighted by atomic mass is 10.1. The van der Waals surface area contributed by atoms with Crippen molar-refractivity contribution in [1.82, 2.24) is 0 Å². The van der Waals surface area contributed by atoms with Crippen molar-refractivity contribution in [2.45, 2.75) is 6.92 Å². The lowest BCUT2D eigenvalue weighted by Gasteiger charge is -2.25. The van der Waals surface area contributed by atoms with Crippen LogP contribution in [0.4, 0.5) is 0 Å². The molecule has 0 radical (unpaired) electrons. The summed E-state index contributed by atoms with van der Waals surface area (Å²) >= 11 is 0. The Morgan fingerprint density at radius 3 is 1.70 bits per heavy atom. The Balaban J connectivity index is 1.38. The molecule has 2 heterocycles. The van der Waals surface area contributed by atoms with E-state index in [2.05, 4.69) is 0 Å². The number of furan rings is 1. The van der Waals surface area contributed by atoms with Crippen molar-refractivity contribution in [1.29, 1.82) is 0 Å². The summed E-state index contributed by atoms with van der Waals surface area (Å²) in [5.74, 6) is -2.43. The van der Waals surface area contributed by atoms with Crippen LogP contribution in [0.5, 0.6) is 86.2 Å². The predicted molar refractivity (Wildman–Crippen MR) is 150 cm³/mol. The fraction of sp³-hybridized carbons (Fsp3) is 0.0323. The number of aromatic hydroxyl groups is 7. The van der Waals surface area contributed by atoms with Crippen LogP contribution in [0.25, 0.3) is 21.9 Å². The van der Waals surface area contributed by atoms with E-state index in [4.69, 9.17) is 23.4 Å². The van der Waals surface area contributed by atoms with Crippen LogP contribution in [-0.4, -0.2) is 35.7 Å². The molecule has 1 aliphatic rings. The molecule has 43 heavy (non-hydrogen) atoms. The third-order valence-electron chi connectivity index (χ3n) is 6.71. The lowest BCUT2D eigenvalue weighted by Crippen LogP contribution is -2.03. The van der Waals surface area contributed by atoms with Crippen LogP contribution >= 0.6 is 0 Å². The second kappa shape index (κ2) is 9.11. The maximum absolute atomic E-state index is 10.9. The van der Waals surface area contributed by atoms with Gasteiger partial charge in [0.1, 0.15) is 40.1 Å². The SMILES string of the molecule is Cc1cc(O)c2c(c1Oc1cc(O)cc(O)c1)Oc1c(O)cc3oc4c(Oc5cc(O)cc(O)c5)c(O)ccc4c3c1O2. The maximum Gasteiger partial charge on any atom is 0.216 e. The van der Waals surface area contributed by atoms with Gasteiger partial charge >= 0.3 is 0 Å². The van der Waals surface area contributed by atoms with Gasteiger partial charge in [0.05, 0.1) is 5.39 Å². The van der Waals surface area contributed by atoms with Gasteiger partial charge in [-0.3, -0.25) is 0 Å². The lowest BCUT2D eigenvalue weighted by molar-refractivity contribution is 0.311. The molecule has 12 heteroatoms. The van der Waals surface area contributed by atoms with E-state index in [0.717, 1.165) is 12.1 Å². The molecule has 0 bridgehead atoms. The van der Waals surface area contributed by atoms with Crippen LogP contribution in [0, 0.1) is 6.92 Å². The molecule has 7 N–H and O–H groups in total. The normalized spacial score (nSPS) is 11.9. The highest BCUT2D eigenvalue weighted by Crippen LogP contribution is 2.61. The number of aryl methyl sites for hydroxylation is 1. The van der Waals surface area contributed by atoms with Crippen LogP contribution in [-0.2, 0) is 0 Å². The molecular weight excluding hydrogens is 564 g/mol. The van der Waals surface area contributed by atoms with E-state index in [1.54, 1.807) is 6.92 Å². The third-order valence-corrected chi connectivity index (χ3v) is 6.71. The van der Waals surface area contributed by atoms with E-state index in [-0.39, 0.29) is 91.7 Å². The molecule has 0 unspecified atom stereocenters. The topological polar surface area (TPSA) is 192 Å². The highest BCUT2D eigenvalue weighted by Gasteiger charge is 2.34. The molecule has 1 aromatic heterocycles. The van der Waals surface area contributed by atoms with Gasteiger partial charge in [-0.05, 0) is 30.7 Å². The van der Waals surface area contributed by atoms with Gasteiger partial charge < -0.3 is 59.1 Å². The molecule has 0 fully saturated rings. The molecule has 216 valence electrons. The van der Waals surface area contributed by atoms with Crippen molar-refractivity contribution in [3.63, 3.8) is 0 Å². The number of ether oxygens (including phenoxy) is 4. The molecule has 0 saturated carbocycles. The first kappa shape index (κ1) is 25.7. The number of hydrogen-bond donors (Lipinski definition) is 7. The Hall–Kier alpha value is -6.30. The van der Waals surface area contributed by atoms with Crippen molar-refractivity contribution in [2.75, 3.05) is 0 Å². The van der Waals surface area contributed by atoms with Gasteiger partial charge in [0.15, 0.2) is 34.3 Å². The van der Waals surface area contributed by atoms with Gasteiger partial charge in [-0.1, -0.05) is 0 Å². The smallest absolute Gasteiger partial charge is 0.216 e. The fourth-order valence-electron chi connectivity index (χ4n) is 4.94. The molecule has 7 rings (SSSR count). The average molecular weight is 584 g/mol. The summed E-state index contributed by atoms with van der Waals surface area (Å²) in [6, 6.07) is 12.7. The van der Waals surface area contributed by atoms with Gasteiger partial charge in [-0.15, -0.1) is 0 Å². The van der Waals surface area contributed by atoms with Gasteiger partial charge in [0, 0.05) is 47.9 Å². The zero-order valence-electron chi connectivity index (χ0n) is 21.9. The van der Waals surface area contributed by atoms with E-state index in [9.17, 15) is 35.7 Å². The minimum atomic E-state index is -0.390. The Labute approximate surface area is 240 Å². The first-order valence-electron chi connectivity index (χ1n) is 12.6. The van der Waals surface area contributed by atoms with Crippen molar-refractivity contribution in [3.05, 3.63) is 66.2 Å². The van der Waals surface area contributed by atoms with Gasteiger partial charge in [-0.25, -0.2) is 0 Å². The standard InChI is InChI=1S/C31H20O12/c1-12-4-21(37)29-31(25(12)39-17-7-13(32)5-14(33)8-17)43-28-22(38)11-23-24(30(28)42-29)19-2-3-20(36)27(26(19)41-23)40-18-9-15(34)6-16(35)10-18/h2-11,32-38H,1H3. The van der Waals surface area contributed by atoms with Gasteiger partial charge in [0.25, 0.3) is 0 Å². The second-order valence-electron chi connectivity index (χ2n) is 9.80. The van der Waals surface area contributed by atoms with Crippen molar-refractivity contribution in [3.8, 4) is 86.2 Å². The zero-order valence-corrected chi connectivity index (χ0v) is 21.9. The van der Waals surface area contributed by atoms with Crippen LogP contribution in [0.1, 0.15) is 5.56 Å². The molecule has 0 aliphatic carbocycles. The first-order valence-corrected chi connectivity index (χ1v) is 12.6. The van der Waals surface area contributed by atoms with Gasteiger partial charge in [-0.2, -0.15) is 0 Å². The van der Waals surface area contributed by atoms with Crippen molar-refractivity contribution < 1.29 is 59.1 Å². The minimum Gasteiger partial charge on any atom is -0.508 e. The average Bonchev–Trinajstić information content (AvgIpc) is 3.29. The molecule has 0 spiro atoms. The number of phenolic OH excluding ortho intramolecular Hbond substituents is 7. The van der Waals surface area contributed by atoms with E-state index in [1.165, 1.54) is 48.5 Å². The van der Waals surface area contributed by atoms with E-state index < -0.39 is 5.75 Å². The molecule has 0 saturated heterocycles. The van der Waals surface area contributed by atoms with Crippen LogP contribution in [0.15, 0.2) is 65.1 Å². The summed E-state index contributed by atoms with van der Waals surface area (Å²) in [4.78, 5) is 0. The van der Waals surface area contributed by atoms with Crippen LogP contribution in [0.2, 0.25) is 0 Å². The highest BCUT2D eigenvalue weighted by atomic mass is 16.6. The Morgan fingerprint density at radius 2 is 1.07 bits per heavy atom. The summed E-state index contributed by atoms with van der Waals surface area (Å²) < 4.78 is 29.8. The summed E-state index contributed by atoms with van der Waals surface area (Å²) in [6.07, 6.45) is 0. The maximum atomic E-state index is 10.9. The van der Waals surface area contributed by atoms with E-state index >= 15 is 0 Å². The van der Waals surface area contributed by atoms with Crippen molar-refractivity contribution in [2.24, 2.45) is 0 Å². The first-order chi connectivity index (χ1) is 20.5. The third kappa shape index (κ3) is 4.16. The monoisotopic (exact) mass is 584 g/mol. The van der Waals surface area contributed by atoms with E-state index in [0.29, 0.717) is 16.3 Å². The summed E-state index contributed by atoms with van der Waals surface area (Å²) in [5.41, 5.74) is 0.572. The quantitative estimate of drug-likeness (QED) is 0.109. The number of phenols is 7. The van der Waals surface area contributed by atoms with E-state index in [1.807, 2.05) is 0 Å². The van der Waals surface area contributed by atoms with Crippen molar-refractivity contribution >= 4 is 21.9 Å². The fourth-order valence-corrected chi connectivity index (χ4v) is 4.94. The zero-order chi connectivity index (χ0) is 30.2. The predicted octanol–water partition coefficient (Wildman–Crippen LogP) is 7.32. The largest absolute Gasteiger partial charge is 0.508 e. The molecular formula is C31H20O12. The molecule has 5 aromatic carbocycles. The molecule has 6 aromatic rings. The second-order valence-corrected chi connectivity index (χ2v) is 9.80. The Morgan fingerprint density at radius 1 is 0.535 bits per heavy atom. The number of rotatable bonds is 4. The molecule has 1 aliphatic heterocycles. The Kier molecular flexibility index (Phi) is 5.43. The Bertz CT molecular complexity index is 2090. The molecule has 0 atom stereocenters. The number of hydrogen-bond acceptors (Lipinski definition) is 12. The van der Waals surface area contributed by atoms with Crippen LogP contribution in [0.3, 0.4) is 0 Å². The summed E-state index contributed by atoms with van der Waals surface area (Å²) in [6.45, 7) is 1.63. The summed E-state index contributed by atoms with van der Waals surface area (Å²) in [7, 11) is 0. The molecule has 12 nitrogen and oxygen atoms in total. The molecule has 0 amide bonds. The number of benzene rings is 5. The minimum absolute atomic E-state index is 0.00650. The number of fused-ring (bicyclic) bond motifs is 6.